The van der Waals surface area contributed by atoms with Crippen LogP contribution in [0.15, 0.2) is 29.6 Å². The van der Waals surface area contributed by atoms with Crippen LogP contribution in [0.1, 0.15) is 40.1 Å². The van der Waals surface area contributed by atoms with Crippen molar-refractivity contribution in [2.45, 2.75) is 19.3 Å². The first-order valence-electron chi connectivity index (χ1n) is 7.45. The average molecular weight is 350 g/mol. The molecule has 1 fully saturated rings. The van der Waals surface area contributed by atoms with Gasteiger partial charge in [-0.15, -0.1) is 11.3 Å². The molecule has 1 saturated heterocycles. The van der Waals surface area contributed by atoms with Gasteiger partial charge in [-0.2, -0.15) is 0 Å². The lowest BCUT2D eigenvalue weighted by atomic mass is 10.1. The number of anilines is 1. The second kappa shape index (κ2) is 7.10. The zero-order valence-corrected chi connectivity index (χ0v) is 14.0. The zero-order chi connectivity index (χ0) is 16.2. The Morgan fingerprint density at radius 1 is 1.22 bits per heavy atom. The van der Waals surface area contributed by atoms with Gasteiger partial charge in [0.2, 0.25) is 0 Å². The smallest absolute Gasteiger partial charge is 0.273 e. The first-order chi connectivity index (χ1) is 11.1. The molecule has 0 aliphatic carbocycles. The minimum absolute atomic E-state index is 0.0656. The third kappa shape index (κ3) is 3.89. The van der Waals surface area contributed by atoms with Gasteiger partial charge in [0.05, 0.1) is 0 Å². The fourth-order valence-electron chi connectivity index (χ4n) is 2.49. The fourth-order valence-corrected chi connectivity index (χ4v) is 3.36. The number of benzene rings is 1. The van der Waals surface area contributed by atoms with Gasteiger partial charge in [-0.3, -0.25) is 14.9 Å². The summed E-state index contributed by atoms with van der Waals surface area (Å²) in [6.07, 6.45) is 3.24. The van der Waals surface area contributed by atoms with Gasteiger partial charge in [0.15, 0.2) is 5.13 Å². The van der Waals surface area contributed by atoms with Gasteiger partial charge >= 0.3 is 0 Å². The summed E-state index contributed by atoms with van der Waals surface area (Å²) in [5.41, 5.74) is 0.843. The molecule has 0 saturated carbocycles. The van der Waals surface area contributed by atoms with Crippen molar-refractivity contribution in [3.8, 4) is 0 Å². The van der Waals surface area contributed by atoms with Gasteiger partial charge in [0, 0.05) is 29.1 Å². The molecule has 0 spiro atoms. The molecule has 0 atom stereocenters. The molecule has 2 aromatic rings. The summed E-state index contributed by atoms with van der Waals surface area (Å²) in [5, 5.41) is 5.30. The maximum atomic E-state index is 12.4. The predicted molar refractivity (Wildman–Crippen MR) is 91.3 cm³/mol. The molecule has 1 N–H and O–H groups in total. The van der Waals surface area contributed by atoms with E-state index in [0.29, 0.717) is 21.4 Å². The SMILES string of the molecule is O=C(Nc1nc(C(=O)N2CCCCC2)cs1)c1cccc(Cl)c1. The van der Waals surface area contributed by atoms with Crippen LogP contribution in [0.2, 0.25) is 5.02 Å². The Kier molecular flexibility index (Phi) is 4.93. The highest BCUT2D eigenvalue weighted by molar-refractivity contribution is 7.14. The van der Waals surface area contributed by atoms with Crippen molar-refractivity contribution >= 4 is 39.9 Å². The Labute approximate surface area is 143 Å². The van der Waals surface area contributed by atoms with Crippen molar-refractivity contribution in [1.82, 2.24) is 9.88 Å². The summed E-state index contributed by atoms with van der Waals surface area (Å²) in [6.45, 7) is 1.56. The number of thiazole rings is 1. The van der Waals surface area contributed by atoms with Gasteiger partial charge in [-0.05, 0) is 37.5 Å². The molecule has 0 bridgehead atoms. The molecule has 23 heavy (non-hydrogen) atoms. The third-order valence-corrected chi connectivity index (χ3v) is 4.67. The number of hydrogen-bond acceptors (Lipinski definition) is 4. The van der Waals surface area contributed by atoms with Crippen LogP contribution >= 0.6 is 22.9 Å². The fraction of sp³-hybridized carbons (Fsp3) is 0.312. The van der Waals surface area contributed by atoms with E-state index >= 15 is 0 Å². The van der Waals surface area contributed by atoms with Crippen molar-refractivity contribution in [3.05, 3.63) is 45.9 Å². The van der Waals surface area contributed by atoms with Gasteiger partial charge in [-0.1, -0.05) is 17.7 Å². The maximum absolute atomic E-state index is 12.4. The number of likely N-dealkylation sites (tertiary alicyclic amines) is 1. The summed E-state index contributed by atoms with van der Waals surface area (Å²) in [7, 11) is 0. The largest absolute Gasteiger partial charge is 0.337 e. The normalized spacial score (nSPS) is 14.6. The van der Waals surface area contributed by atoms with Crippen LogP contribution in [0.25, 0.3) is 0 Å². The van der Waals surface area contributed by atoms with Crippen LogP contribution in [0.5, 0.6) is 0 Å². The van der Waals surface area contributed by atoms with Gasteiger partial charge in [0.1, 0.15) is 5.69 Å². The summed E-state index contributed by atoms with van der Waals surface area (Å²) in [6, 6.07) is 6.68. The standard InChI is InChI=1S/C16H16ClN3O2S/c17-12-6-4-5-11(9-12)14(21)19-16-18-13(10-23-16)15(22)20-7-2-1-3-8-20/h4-6,9-10H,1-3,7-8H2,(H,18,19,21). The molecule has 1 aliphatic rings. The van der Waals surface area contributed by atoms with Gasteiger partial charge in [0.25, 0.3) is 11.8 Å². The number of nitrogens with one attached hydrogen (secondary N) is 1. The number of aromatic nitrogens is 1. The van der Waals surface area contributed by atoms with Crippen molar-refractivity contribution in [2.24, 2.45) is 0 Å². The van der Waals surface area contributed by atoms with E-state index < -0.39 is 0 Å². The average Bonchev–Trinajstić information content (AvgIpc) is 3.03. The Hall–Kier alpha value is -1.92. The second-order valence-corrected chi connectivity index (χ2v) is 6.65. The third-order valence-electron chi connectivity index (χ3n) is 3.67. The Bertz CT molecular complexity index is 726. The lowest BCUT2D eigenvalue weighted by Gasteiger charge is -2.25. The number of halogens is 1. The molecule has 1 aliphatic heterocycles. The molecule has 7 heteroatoms. The highest BCUT2D eigenvalue weighted by atomic mass is 35.5. The lowest BCUT2D eigenvalue weighted by Crippen LogP contribution is -2.35. The minimum atomic E-state index is -0.293. The Morgan fingerprint density at radius 2 is 2.00 bits per heavy atom. The monoisotopic (exact) mass is 349 g/mol. The number of amides is 2. The summed E-state index contributed by atoms with van der Waals surface area (Å²) in [5.74, 6) is -0.358. The molecular weight excluding hydrogens is 334 g/mol. The van der Waals surface area contributed by atoms with E-state index in [0.717, 1.165) is 25.9 Å². The highest BCUT2D eigenvalue weighted by Gasteiger charge is 2.21. The lowest BCUT2D eigenvalue weighted by molar-refractivity contribution is 0.0719. The number of carbonyl (C=O) groups is 2. The molecule has 0 radical (unpaired) electrons. The number of carbonyl (C=O) groups excluding carboxylic acids is 2. The van der Waals surface area contributed by atoms with Gasteiger partial charge < -0.3 is 4.90 Å². The van der Waals surface area contributed by atoms with Crippen LogP contribution in [0.3, 0.4) is 0 Å². The molecule has 3 rings (SSSR count). The number of nitrogens with zero attached hydrogens (tertiary/aromatic N) is 2. The van der Waals surface area contributed by atoms with E-state index in [1.165, 1.54) is 17.8 Å². The Balaban J connectivity index is 1.67. The van der Waals surface area contributed by atoms with Crippen molar-refractivity contribution in [3.63, 3.8) is 0 Å². The van der Waals surface area contributed by atoms with E-state index in [9.17, 15) is 9.59 Å². The van der Waals surface area contributed by atoms with Crippen LogP contribution in [-0.2, 0) is 0 Å². The summed E-state index contributed by atoms with van der Waals surface area (Å²) in [4.78, 5) is 30.6. The summed E-state index contributed by atoms with van der Waals surface area (Å²) < 4.78 is 0. The molecule has 2 heterocycles. The molecule has 0 unspecified atom stereocenters. The van der Waals surface area contributed by atoms with Crippen LogP contribution in [-0.4, -0.2) is 34.8 Å². The van der Waals surface area contributed by atoms with Crippen LogP contribution in [0, 0.1) is 0 Å². The Morgan fingerprint density at radius 3 is 2.74 bits per heavy atom. The van der Waals surface area contributed by atoms with E-state index in [-0.39, 0.29) is 11.8 Å². The number of hydrogen-bond donors (Lipinski definition) is 1. The van der Waals surface area contributed by atoms with E-state index in [1.807, 2.05) is 4.90 Å². The second-order valence-electron chi connectivity index (χ2n) is 5.36. The maximum Gasteiger partial charge on any atom is 0.273 e. The van der Waals surface area contributed by atoms with Crippen LogP contribution in [0.4, 0.5) is 5.13 Å². The zero-order valence-electron chi connectivity index (χ0n) is 12.4. The van der Waals surface area contributed by atoms with E-state index in [2.05, 4.69) is 10.3 Å². The molecule has 5 nitrogen and oxygen atoms in total. The summed E-state index contributed by atoms with van der Waals surface area (Å²) >= 11 is 7.13. The molecule has 120 valence electrons. The van der Waals surface area contributed by atoms with E-state index in [4.69, 9.17) is 11.6 Å². The predicted octanol–water partition coefficient (Wildman–Crippen LogP) is 3.67. The first-order valence-corrected chi connectivity index (χ1v) is 8.71. The molecule has 2 amide bonds. The highest BCUT2D eigenvalue weighted by Crippen LogP contribution is 2.20. The van der Waals surface area contributed by atoms with Gasteiger partial charge in [-0.25, -0.2) is 4.98 Å². The minimum Gasteiger partial charge on any atom is -0.337 e. The topological polar surface area (TPSA) is 62.3 Å². The first kappa shape index (κ1) is 16.0. The molecule has 1 aromatic carbocycles. The number of rotatable bonds is 3. The molecular formula is C16H16ClN3O2S. The van der Waals surface area contributed by atoms with Crippen molar-refractivity contribution < 1.29 is 9.59 Å². The van der Waals surface area contributed by atoms with Crippen molar-refractivity contribution in [2.75, 3.05) is 18.4 Å². The molecule has 1 aromatic heterocycles. The van der Waals surface area contributed by atoms with E-state index in [1.54, 1.807) is 29.6 Å². The quantitative estimate of drug-likeness (QED) is 0.919. The van der Waals surface area contributed by atoms with Crippen LogP contribution < -0.4 is 5.32 Å². The van der Waals surface area contributed by atoms with Crippen molar-refractivity contribution in [1.29, 1.82) is 0 Å². The number of piperidine rings is 1.